The lowest BCUT2D eigenvalue weighted by atomic mass is 10.2. The fourth-order valence-corrected chi connectivity index (χ4v) is 4.61. The second kappa shape index (κ2) is 10.7. The second-order valence-electron chi connectivity index (χ2n) is 7.35. The number of amides is 1. The zero-order valence-electron chi connectivity index (χ0n) is 18.7. The van der Waals surface area contributed by atoms with Crippen molar-refractivity contribution in [3.63, 3.8) is 0 Å². The van der Waals surface area contributed by atoms with E-state index in [2.05, 4.69) is 10.0 Å². The van der Waals surface area contributed by atoms with Crippen LogP contribution < -0.4 is 29.0 Å². The SMILES string of the molecule is CCOc1ccc(NS(=O)(=O)c2ccc(OCC(=O)Nc3ccc4c(c3)OCCO4)c(Cl)c2)cc1. The lowest BCUT2D eigenvalue weighted by Crippen LogP contribution is -2.21. The fraction of sp³-hybridized carbons (Fsp3) is 0.208. The molecule has 0 unspecified atom stereocenters. The lowest BCUT2D eigenvalue weighted by molar-refractivity contribution is -0.118. The van der Waals surface area contributed by atoms with E-state index in [1.54, 1.807) is 42.5 Å². The number of halogens is 1. The van der Waals surface area contributed by atoms with Gasteiger partial charge in [-0.2, -0.15) is 0 Å². The summed E-state index contributed by atoms with van der Waals surface area (Å²) in [6.07, 6.45) is 0. The molecule has 1 amide bonds. The molecule has 35 heavy (non-hydrogen) atoms. The molecule has 3 aromatic carbocycles. The number of sulfonamides is 1. The molecule has 1 aliphatic rings. The Morgan fingerprint density at radius 3 is 2.37 bits per heavy atom. The third-order valence-electron chi connectivity index (χ3n) is 4.82. The number of anilines is 2. The van der Waals surface area contributed by atoms with Crippen molar-refractivity contribution in [3.8, 4) is 23.0 Å². The summed E-state index contributed by atoms with van der Waals surface area (Å²) in [6, 6.07) is 15.6. The van der Waals surface area contributed by atoms with E-state index >= 15 is 0 Å². The zero-order chi connectivity index (χ0) is 24.8. The number of nitrogens with one attached hydrogen (secondary N) is 2. The molecule has 11 heteroatoms. The summed E-state index contributed by atoms with van der Waals surface area (Å²) in [4.78, 5) is 12.2. The van der Waals surface area contributed by atoms with E-state index in [4.69, 9.17) is 30.5 Å². The van der Waals surface area contributed by atoms with Crippen LogP contribution in [-0.2, 0) is 14.8 Å². The number of ether oxygens (including phenoxy) is 4. The van der Waals surface area contributed by atoms with Crippen molar-refractivity contribution in [2.45, 2.75) is 11.8 Å². The van der Waals surface area contributed by atoms with Gasteiger partial charge in [-0.3, -0.25) is 9.52 Å². The Kier molecular flexibility index (Phi) is 7.52. The molecule has 2 N–H and O–H groups in total. The molecule has 184 valence electrons. The first kappa shape index (κ1) is 24.5. The van der Waals surface area contributed by atoms with Gasteiger partial charge in [-0.25, -0.2) is 8.42 Å². The van der Waals surface area contributed by atoms with Crippen LogP contribution in [0.15, 0.2) is 65.6 Å². The van der Waals surface area contributed by atoms with Gasteiger partial charge in [-0.15, -0.1) is 0 Å². The molecule has 4 rings (SSSR count). The van der Waals surface area contributed by atoms with Gasteiger partial charge >= 0.3 is 0 Å². The molecule has 0 radical (unpaired) electrons. The highest BCUT2D eigenvalue weighted by atomic mass is 35.5. The Morgan fingerprint density at radius 1 is 0.943 bits per heavy atom. The molecular formula is C24H23ClN2O7S. The van der Waals surface area contributed by atoms with Gasteiger partial charge in [0.25, 0.3) is 15.9 Å². The van der Waals surface area contributed by atoms with E-state index in [1.165, 1.54) is 18.2 Å². The van der Waals surface area contributed by atoms with Crippen molar-refractivity contribution >= 4 is 38.9 Å². The van der Waals surface area contributed by atoms with Gasteiger partial charge in [-0.1, -0.05) is 11.6 Å². The fourth-order valence-electron chi connectivity index (χ4n) is 3.23. The highest BCUT2D eigenvalue weighted by Gasteiger charge is 2.18. The molecule has 0 saturated heterocycles. The predicted molar refractivity (Wildman–Crippen MR) is 131 cm³/mol. The van der Waals surface area contributed by atoms with Crippen LogP contribution in [-0.4, -0.2) is 40.8 Å². The van der Waals surface area contributed by atoms with E-state index in [1.807, 2.05) is 6.92 Å². The molecule has 0 saturated carbocycles. The number of hydrogen-bond acceptors (Lipinski definition) is 7. The van der Waals surface area contributed by atoms with Crippen molar-refractivity contribution in [2.24, 2.45) is 0 Å². The number of hydrogen-bond donors (Lipinski definition) is 2. The van der Waals surface area contributed by atoms with E-state index in [0.717, 1.165) is 0 Å². The van der Waals surface area contributed by atoms with Crippen molar-refractivity contribution in [2.75, 3.05) is 36.5 Å². The van der Waals surface area contributed by atoms with Crippen LogP contribution >= 0.6 is 11.6 Å². The Bertz CT molecular complexity index is 1310. The molecule has 0 aromatic heterocycles. The Balaban J connectivity index is 1.35. The number of fused-ring (bicyclic) bond motifs is 1. The topological polar surface area (TPSA) is 112 Å². The van der Waals surface area contributed by atoms with Crippen molar-refractivity contribution < 1.29 is 32.2 Å². The molecule has 1 aliphatic heterocycles. The van der Waals surface area contributed by atoms with Crippen LogP contribution in [0.1, 0.15) is 6.92 Å². The third-order valence-corrected chi connectivity index (χ3v) is 6.49. The predicted octanol–water partition coefficient (Wildman–Crippen LogP) is 4.33. The van der Waals surface area contributed by atoms with E-state index in [9.17, 15) is 13.2 Å². The zero-order valence-corrected chi connectivity index (χ0v) is 20.3. The van der Waals surface area contributed by atoms with E-state index < -0.39 is 15.9 Å². The van der Waals surface area contributed by atoms with Crippen molar-refractivity contribution in [3.05, 3.63) is 65.7 Å². The van der Waals surface area contributed by atoms with Crippen LogP contribution in [0.5, 0.6) is 23.0 Å². The molecule has 1 heterocycles. The summed E-state index contributed by atoms with van der Waals surface area (Å²) in [5.41, 5.74) is 0.900. The third kappa shape index (κ3) is 6.28. The van der Waals surface area contributed by atoms with Gasteiger partial charge in [-0.05, 0) is 61.5 Å². The van der Waals surface area contributed by atoms with Crippen LogP contribution in [0.3, 0.4) is 0 Å². The lowest BCUT2D eigenvalue weighted by Gasteiger charge is -2.19. The number of carbonyl (C=O) groups excluding carboxylic acids is 1. The van der Waals surface area contributed by atoms with E-state index in [-0.39, 0.29) is 22.3 Å². The van der Waals surface area contributed by atoms with Gasteiger partial charge in [0, 0.05) is 17.4 Å². The second-order valence-corrected chi connectivity index (χ2v) is 9.44. The van der Waals surface area contributed by atoms with Gasteiger partial charge in [0.05, 0.1) is 16.5 Å². The normalized spacial score (nSPS) is 12.5. The minimum atomic E-state index is -3.89. The van der Waals surface area contributed by atoms with Crippen LogP contribution in [0.25, 0.3) is 0 Å². The Labute approximate surface area is 208 Å². The summed E-state index contributed by atoms with van der Waals surface area (Å²) < 4.78 is 49.7. The van der Waals surface area contributed by atoms with Gasteiger partial charge < -0.3 is 24.3 Å². The molecule has 0 aliphatic carbocycles. The van der Waals surface area contributed by atoms with Crippen LogP contribution in [0.2, 0.25) is 5.02 Å². The number of benzene rings is 3. The Hall–Kier alpha value is -3.63. The smallest absolute Gasteiger partial charge is 0.262 e. The summed E-state index contributed by atoms with van der Waals surface area (Å²) in [6.45, 7) is 2.96. The highest BCUT2D eigenvalue weighted by Crippen LogP contribution is 2.33. The average Bonchev–Trinajstić information content (AvgIpc) is 2.84. The van der Waals surface area contributed by atoms with Gasteiger partial charge in [0.15, 0.2) is 18.1 Å². The van der Waals surface area contributed by atoms with Crippen molar-refractivity contribution in [1.82, 2.24) is 0 Å². The molecular weight excluding hydrogens is 496 g/mol. The first-order chi connectivity index (χ1) is 16.8. The Morgan fingerprint density at radius 2 is 1.66 bits per heavy atom. The highest BCUT2D eigenvalue weighted by molar-refractivity contribution is 7.92. The molecule has 0 spiro atoms. The van der Waals surface area contributed by atoms with Gasteiger partial charge in [0.2, 0.25) is 0 Å². The molecule has 9 nitrogen and oxygen atoms in total. The standard InChI is InChI=1S/C24H23ClN2O7S/c1-2-31-18-6-3-16(4-7-18)27-35(29,30)19-8-10-21(20(25)14-19)34-15-24(28)26-17-5-9-22-23(13-17)33-12-11-32-22/h3-10,13-14,27H,2,11-12,15H2,1H3,(H,26,28). The largest absolute Gasteiger partial charge is 0.494 e. The maximum Gasteiger partial charge on any atom is 0.262 e. The molecule has 0 atom stereocenters. The number of rotatable bonds is 9. The summed E-state index contributed by atoms with van der Waals surface area (Å²) in [5.74, 6) is 1.55. The van der Waals surface area contributed by atoms with Crippen LogP contribution in [0.4, 0.5) is 11.4 Å². The van der Waals surface area contributed by atoms with E-state index in [0.29, 0.717) is 48.4 Å². The summed E-state index contributed by atoms with van der Waals surface area (Å²) >= 11 is 6.22. The van der Waals surface area contributed by atoms with Gasteiger partial charge in [0.1, 0.15) is 24.7 Å². The minimum Gasteiger partial charge on any atom is -0.494 e. The molecule has 0 fully saturated rings. The van der Waals surface area contributed by atoms with Crippen LogP contribution in [0, 0.1) is 0 Å². The maximum atomic E-state index is 12.7. The summed E-state index contributed by atoms with van der Waals surface area (Å²) in [5, 5.41) is 2.75. The molecule has 0 bridgehead atoms. The quantitative estimate of drug-likeness (QED) is 0.433. The first-order valence-corrected chi connectivity index (χ1v) is 12.6. The van der Waals surface area contributed by atoms with Crippen molar-refractivity contribution in [1.29, 1.82) is 0 Å². The molecule has 3 aromatic rings. The summed E-state index contributed by atoms with van der Waals surface area (Å²) in [7, 11) is -3.89. The average molecular weight is 519 g/mol. The maximum absolute atomic E-state index is 12.7. The first-order valence-electron chi connectivity index (χ1n) is 10.7. The minimum absolute atomic E-state index is 0.0479. The number of carbonyl (C=O) groups is 1. The monoisotopic (exact) mass is 518 g/mol.